The zero-order valence-electron chi connectivity index (χ0n) is 22.8. The minimum Gasteiger partial charge on any atom is -0.354 e. The molecule has 1 aliphatic heterocycles. The SMILES string of the molecule is CCCC(C)c1nc(N2CCCN(C(=O)C(CC)c3ccccc3)CC2)c2cnn(-c3ccccc3)c2n1. The average Bonchev–Trinajstić information content (AvgIpc) is 3.23. The van der Waals surface area contributed by atoms with Crippen LogP contribution >= 0.6 is 0 Å². The highest BCUT2D eigenvalue weighted by Gasteiger charge is 2.28. The highest BCUT2D eigenvalue weighted by atomic mass is 16.2. The van der Waals surface area contributed by atoms with Crippen LogP contribution in [0.1, 0.15) is 69.7 Å². The summed E-state index contributed by atoms with van der Waals surface area (Å²) in [7, 11) is 0. The predicted octanol–water partition coefficient (Wildman–Crippen LogP) is 5.95. The number of amides is 1. The van der Waals surface area contributed by atoms with Gasteiger partial charge in [0.05, 0.1) is 23.2 Å². The summed E-state index contributed by atoms with van der Waals surface area (Å²) in [6, 6.07) is 20.3. The quantitative estimate of drug-likeness (QED) is 0.293. The van der Waals surface area contributed by atoms with E-state index in [9.17, 15) is 4.79 Å². The van der Waals surface area contributed by atoms with Crippen LogP contribution in [-0.2, 0) is 4.79 Å². The van der Waals surface area contributed by atoms with Gasteiger partial charge in [0.15, 0.2) is 5.65 Å². The van der Waals surface area contributed by atoms with Crippen molar-refractivity contribution in [2.75, 3.05) is 31.1 Å². The van der Waals surface area contributed by atoms with E-state index in [1.807, 2.05) is 52.2 Å². The molecule has 3 heterocycles. The van der Waals surface area contributed by atoms with Gasteiger partial charge in [-0.05, 0) is 37.0 Å². The smallest absolute Gasteiger partial charge is 0.230 e. The number of nitrogens with zero attached hydrogens (tertiary/aromatic N) is 6. The van der Waals surface area contributed by atoms with E-state index in [-0.39, 0.29) is 17.7 Å². The molecule has 7 nitrogen and oxygen atoms in total. The lowest BCUT2D eigenvalue weighted by Crippen LogP contribution is -2.38. The molecule has 2 unspecified atom stereocenters. The van der Waals surface area contributed by atoms with Gasteiger partial charge in [-0.3, -0.25) is 4.79 Å². The van der Waals surface area contributed by atoms with Crippen molar-refractivity contribution in [2.24, 2.45) is 0 Å². The molecule has 2 atom stereocenters. The monoisotopic (exact) mass is 510 g/mol. The maximum atomic E-state index is 13.6. The first-order valence-corrected chi connectivity index (χ1v) is 14.0. The molecule has 4 aromatic rings. The molecule has 1 fully saturated rings. The molecule has 0 spiro atoms. The lowest BCUT2D eigenvalue weighted by Gasteiger charge is -2.27. The number of aromatic nitrogens is 4. The number of para-hydroxylation sites is 1. The molecule has 1 saturated heterocycles. The van der Waals surface area contributed by atoms with E-state index < -0.39 is 0 Å². The van der Waals surface area contributed by atoms with Crippen LogP contribution in [-0.4, -0.2) is 56.7 Å². The third-order valence-corrected chi connectivity index (χ3v) is 7.60. The topological polar surface area (TPSA) is 67.2 Å². The van der Waals surface area contributed by atoms with Crippen LogP contribution in [0.15, 0.2) is 66.9 Å². The summed E-state index contributed by atoms with van der Waals surface area (Å²) < 4.78 is 1.92. The van der Waals surface area contributed by atoms with Gasteiger partial charge in [-0.2, -0.15) is 5.10 Å². The maximum Gasteiger partial charge on any atom is 0.230 e. The van der Waals surface area contributed by atoms with Crippen LogP contribution in [0.25, 0.3) is 16.7 Å². The fourth-order valence-electron chi connectivity index (χ4n) is 5.50. The van der Waals surface area contributed by atoms with Gasteiger partial charge >= 0.3 is 0 Å². The highest BCUT2D eigenvalue weighted by Crippen LogP contribution is 2.30. The van der Waals surface area contributed by atoms with E-state index in [2.05, 4.69) is 49.9 Å². The van der Waals surface area contributed by atoms with Crippen molar-refractivity contribution in [1.29, 1.82) is 0 Å². The third kappa shape index (κ3) is 5.28. The summed E-state index contributed by atoms with van der Waals surface area (Å²) in [6.45, 7) is 9.52. The molecule has 0 N–H and O–H groups in total. The van der Waals surface area contributed by atoms with Crippen LogP contribution in [0.4, 0.5) is 5.82 Å². The van der Waals surface area contributed by atoms with Gasteiger partial charge in [-0.25, -0.2) is 14.6 Å². The van der Waals surface area contributed by atoms with Gasteiger partial charge in [0, 0.05) is 32.1 Å². The first-order chi connectivity index (χ1) is 18.6. The Kier molecular flexibility index (Phi) is 8.01. The first-order valence-electron chi connectivity index (χ1n) is 14.0. The van der Waals surface area contributed by atoms with Crippen LogP contribution in [0, 0.1) is 0 Å². The van der Waals surface area contributed by atoms with Crippen LogP contribution in [0.3, 0.4) is 0 Å². The number of hydrogen-bond acceptors (Lipinski definition) is 5. The Hall–Kier alpha value is -3.74. The maximum absolute atomic E-state index is 13.6. The van der Waals surface area contributed by atoms with Gasteiger partial charge in [-0.15, -0.1) is 0 Å². The Morgan fingerprint density at radius 1 is 0.921 bits per heavy atom. The third-order valence-electron chi connectivity index (χ3n) is 7.60. The van der Waals surface area contributed by atoms with Crippen LogP contribution < -0.4 is 4.90 Å². The average molecular weight is 511 g/mol. The predicted molar refractivity (Wildman–Crippen MR) is 153 cm³/mol. The Morgan fingerprint density at radius 2 is 1.66 bits per heavy atom. The molecule has 38 heavy (non-hydrogen) atoms. The highest BCUT2D eigenvalue weighted by molar-refractivity contribution is 5.88. The van der Waals surface area contributed by atoms with Gasteiger partial charge in [0.2, 0.25) is 5.91 Å². The van der Waals surface area contributed by atoms with Crippen molar-refractivity contribution < 1.29 is 4.79 Å². The van der Waals surface area contributed by atoms with E-state index >= 15 is 0 Å². The van der Waals surface area contributed by atoms with Crippen molar-refractivity contribution in [3.8, 4) is 5.69 Å². The lowest BCUT2D eigenvalue weighted by atomic mass is 9.95. The van der Waals surface area contributed by atoms with Gasteiger partial charge in [-0.1, -0.05) is 75.7 Å². The van der Waals surface area contributed by atoms with Crippen molar-refractivity contribution in [2.45, 2.75) is 58.3 Å². The number of benzene rings is 2. The number of anilines is 1. The number of carbonyl (C=O) groups excluding carboxylic acids is 1. The molecular weight excluding hydrogens is 472 g/mol. The number of carbonyl (C=O) groups is 1. The second-order valence-corrected chi connectivity index (χ2v) is 10.3. The molecule has 1 aliphatic rings. The molecule has 2 aromatic heterocycles. The number of hydrogen-bond donors (Lipinski definition) is 0. The van der Waals surface area contributed by atoms with Crippen molar-refractivity contribution in [1.82, 2.24) is 24.6 Å². The van der Waals surface area contributed by atoms with Crippen LogP contribution in [0.2, 0.25) is 0 Å². The summed E-state index contributed by atoms with van der Waals surface area (Å²) in [4.78, 5) is 28.1. The van der Waals surface area contributed by atoms with Crippen LogP contribution in [0.5, 0.6) is 0 Å². The Bertz CT molecular complexity index is 1350. The van der Waals surface area contributed by atoms with E-state index in [0.717, 1.165) is 79.2 Å². The van der Waals surface area contributed by atoms with E-state index in [4.69, 9.17) is 15.1 Å². The van der Waals surface area contributed by atoms with E-state index in [1.165, 1.54) is 0 Å². The van der Waals surface area contributed by atoms with Gasteiger partial charge in [0.1, 0.15) is 11.6 Å². The molecule has 0 aliphatic carbocycles. The fraction of sp³-hybridized carbons (Fsp3) is 0.419. The molecule has 0 bridgehead atoms. The van der Waals surface area contributed by atoms with Crippen molar-refractivity contribution in [3.05, 3.63) is 78.2 Å². The Labute approximate surface area is 225 Å². The number of rotatable bonds is 8. The molecule has 5 rings (SSSR count). The first kappa shape index (κ1) is 25.9. The van der Waals surface area contributed by atoms with E-state index in [0.29, 0.717) is 6.54 Å². The minimum atomic E-state index is -0.0980. The molecule has 1 amide bonds. The summed E-state index contributed by atoms with van der Waals surface area (Å²) in [5, 5.41) is 5.68. The molecule has 0 saturated carbocycles. The standard InChI is InChI=1S/C31H38N6O/c1-4-13-23(3)28-33-29(27-22-32-37(30(27)34-28)25-16-10-7-11-17-25)35-18-12-19-36(21-20-35)31(38)26(5-2)24-14-8-6-9-15-24/h6-11,14-17,22-23,26H,4-5,12-13,18-21H2,1-3H3. The van der Waals surface area contributed by atoms with Crippen molar-refractivity contribution >= 4 is 22.8 Å². The Balaban J connectivity index is 1.45. The Morgan fingerprint density at radius 3 is 2.37 bits per heavy atom. The normalized spacial score (nSPS) is 15.9. The lowest BCUT2D eigenvalue weighted by molar-refractivity contribution is -0.132. The summed E-state index contributed by atoms with van der Waals surface area (Å²) in [6.07, 6.45) is 5.70. The molecular formula is C31H38N6O. The summed E-state index contributed by atoms with van der Waals surface area (Å²) in [5.41, 5.74) is 2.92. The zero-order valence-corrected chi connectivity index (χ0v) is 22.8. The summed E-state index contributed by atoms with van der Waals surface area (Å²) in [5.74, 6) is 2.17. The largest absolute Gasteiger partial charge is 0.354 e. The second kappa shape index (κ2) is 11.8. The fourth-order valence-corrected chi connectivity index (χ4v) is 5.50. The molecule has 7 heteroatoms. The number of fused-ring (bicyclic) bond motifs is 1. The van der Waals surface area contributed by atoms with Crippen molar-refractivity contribution in [3.63, 3.8) is 0 Å². The zero-order chi connectivity index (χ0) is 26.5. The van der Waals surface area contributed by atoms with Gasteiger partial charge in [0.25, 0.3) is 0 Å². The van der Waals surface area contributed by atoms with Gasteiger partial charge < -0.3 is 9.80 Å². The minimum absolute atomic E-state index is 0.0980. The molecule has 0 radical (unpaired) electrons. The molecule has 2 aromatic carbocycles. The molecule has 198 valence electrons. The second-order valence-electron chi connectivity index (χ2n) is 10.3. The van der Waals surface area contributed by atoms with E-state index in [1.54, 1.807) is 0 Å². The summed E-state index contributed by atoms with van der Waals surface area (Å²) >= 11 is 0.